The Hall–Kier alpha value is -2.06. The molecule has 0 aliphatic carbocycles. The Labute approximate surface area is 193 Å². The molecular formula is C24H33N3O4S. The predicted molar refractivity (Wildman–Crippen MR) is 125 cm³/mol. The van der Waals surface area contributed by atoms with Crippen LogP contribution >= 0.6 is 11.8 Å². The number of rotatable bonds is 10. The van der Waals surface area contributed by atoms with Gasteiger partial charge in [-0.25, -0.2) is 0 Å². The molecule has 3 heterocycles. The maximum atomic E-state index is 13.7. The Bertz CT molecular complexity index is 851. The Morgan fingerprint density at radius 2 is 1.97 bits per heavy atom. The third-order valence-electron chi connectivity index (χ3n) is 7.03. The molecule has 8 heteroatoms. The van der Waals surface area contributed by atoms with Crippen molar-refractivity contribution in [3.63, 3.8) is 0 Å². The highest BCUT2D eigenvalue weighted by Crippen LogP contribution is 2.66. The molecule has 1 spiro atoms. The van der Waals surface area contributed by atoms with Gasteiger partial charge in [0.2, 0.25) is 17.7 Å². The molecule has 5 atom stereocenters. The van der Waals surface area contributed by atoms with Crippen LogP contribution in [0.25, 0.3) is 0 Å². The van der Waals surface area contributed by atoms with E-state index in [0.29, 0.717) is 25.9 Å². The Morgan fingerprint density at radius 1 is 1.19 bits per heavy atom. The minimum absolute atomic E-state index is 0.0539. The van der Waals surface area contributed by atoms with Gasteiger partial charge in [-0.05, 0) is 44.2 Å². The summed E-state index contributed by atoms with van der Waals surface area (Å²) >= 11 is 1.69. The van der Waals surface area contributed by atoms with Crippen LogP contribution in [-0.4, -0.2) is 63.5 Å². The van der Waals surface area contributed by atoms with Crippen LogP contribution in [0.15, 0.2) is 30.3 Å². The number of likely N-dealkylation sites (tertiary alicyclic amines) is 1. The second-order valence-corrected chi connectivity index (χ2v) is 10.6. The number of thioether (sulfide) groups is 1. The zero-order valence-corrected chi connectivity index (χ0v) is 19.4. The van der Waals surface area contributed by atoms with Crippen molar-refractivity contribution in [1.29, 1.82) is 0 Å². The van der Waals surface area contributed by atoms with Crippen molar-refractivity contribution in [2.45, 2.75) is 61.5 Å². The number of carbonyl (C=O) groups is 3. The Kier molecular flexibility index (Phi) is 7.10. The number of nitrogens with zero attached hydrogens (tertiary/aromatic N) is 1. The van der Waals surface area contributed by atoms with Gasteiger partial charge < -0.3 is 20.6 Å². The maximum Gasteiger partial charge on any atom is 0.244 e. The van der Waals surface area contributed by atoms with Crippen LogP contribution < -0.4 is 10.6 Å². The van der Waals surface area contributed by atoms with Gasteiger partial charge in [-0.1, -0.05) is 31.5 Å². The summed E-state index contributed by atoms with van der Waals surface area (Å²) in [6.07, 6.45) is 4.71. The van der Waals surface area contributed by atoms with Crippen LogP contribution in [0.2, 0.25) is 0 Å². The van der Waals surface area contributed by atoms with Crippen molar-refractivity contribution < 1.29 is 19.5 Å². The number of amides is 3. The van der Waals surface area contributed by atoms with Gasteiger partial charge in [-0.2, -0.15) is 0 Å². The monoisotopic (exact) mass is 459 g/mol. The fourth-order valence-corrected chi connectivity index (χ4v) is 7.84. The first-order valence-electron chi connectivity index (χ1n) is 11.8. The zero-order chi connectivity index (χ0) is 22.7. The molecule has 0 radical (unpaired) electrons. The summed E-state index contributed by atoms with van der Waals surface area (Å²) in [6, 6.07) is 8.76. The summed E-state index contributed by atoms with van der Waals surface area (Å²) < 4.78 is -0.546. The van der Waals surface area contributed by atoms with Crippen molar-refractivity contribution in [1.82, 2.24) is 10.2 Å². The van der Waals surface area contributed by atoms with Crippen molar-refractivity contribution >= 4 is 35.2 Å². The molecule has 3 fully saturated rings. The number of aliphatic hydroxyl groups is 1. The minimum Gasteiger partial charge on any atom is -0.396 e. The molecule has 0 aromatic heterocycles. The zero-order valence-electron chi connectivity index (χ0n) is 18.6. The van der Waals surface area contributed by atoms with Gasteiger partial charge >= 0.3 is 0 Å². The molecule has 2 unspecified atom stereocenters. The van der Waals surface area contributed by atoms with Crippen LogP contribution in [0, 0.1) is 11.8 Å². The molecule has 3 saturated heterocycles. The van der Waals surface area contributed by atoms with Crippen LogP contribution in [-0.2, 0) is 14.4 Å². The molecule has 32 heavy (non-hydrogen) atoms. The Morgan fingerprint density at radius 3 is 2.69 bits per heavy atom. The average Bonchev–Trinajstić information content (AvgIpc) is 3.42. The summed E-state index contributed by atoms with van der Waals surface area (Å²) in [5.74, 6) is -1.23. The van der Waals surface area contributed by atoms with Gasteiger partial charge in [-0.3, -0.25) is 14.4 Å². The summed E-state index contributed by atoms with van der Waals surface area (Å²) in [4.78, 5) is 42.0. The molecular weight excluding hydrogens is 426 g/mol. The van der Waals surface area contributed by atoms with E-state index in [1.165, 1.54) is 0 Å². The van der Waals surface area contributed by atoms with Crippen molar-refractivity contribution in [3.05, 3.63) is 30.3 Å². The van der Waals surface area contributed by atoms with Crippen molar-refractivity contribution in [3.8, 4) is 0 Å². The molecule has 2 bridgehead atoms. The van der Waals surface area contributed by atoms with E-state index in [9.17, 15) is 19.5 Å². The van der Waals surface area contributed by atoms with Crippen LogP contribution in [0.5, 0.6) is 0 Å². The number of hydrogen-bond acceptors (Lipinski definition) is 5. The number of benzene rings is 1. The first-order chi connectivity index (χ1) is 15.5. The lowest BCUT2D eigenvalue weighted by molar-refractivity contribution is -0.139. The topological polar surface area (TPSA) is 98.7 Å². The lowest BCUT2D eigenvalue weighted by Crippen LogP contribution is -2.53. The number of hydrogen-bond donors (Lipinski definition) is 3. The van der Waals surface area contributed by atoms with Gasteiger partial charge in [0.25, 0.3) is 0 Å². The lowest BCUT2D eigenvalue weighted by Gasteiger charge is -2.34. The second-order valence-electron chi connectivity index (χ2n) is 9.02. The van der Waals surface area contributed by atoms with E-state index in [1.54, 1.807) is 16.7 Å². The molecule has 3 aliphatic heterocycles. The summed E-state index contributed by atoms with van der Waals surface area (Å²) in [5.41, 5.74) is 0.721. The van der Waals surface area contributed by atoms with E-state index in [4.69, 9.17) is 0 Å². The number of anilines is 1. The highest BCUT2D eigenvalue weighted by molar-refractivity contribution is 8.02. The second kappa shape index (κ2) is 9.83. The van der Waals surface area contributed by atoms with Gasteiger partial charge in [0, 0.05) is 30.6 Å². The average molecular weight is 460 g/mol. The number of para-hydroxylation sites is 1. The minimum atomic E-state index is -0.555. The predicted octanol–water partition coefficient (Wildman–Crippen LogP) is 2.41. The van der Waals surface area contributed by atoms with Crippen molar-refractivity contribution in [2.75, 3.05) is 25.0 Å². The summed E-state index contributed by atoms with van der Waals surface area (Å²) in [5, 5.41) is 15.3. The van der Waals surface area contributed by atoms with Gasteiger partial charge in [0.15, 0.2) is 0 Å². The van der Waals surface area contributed by atoms with Crippen molar-refractivity contribution in [2.24, 2.45) is 11.8 Å². The fraction of sp³-hybridized carbons (Fsp3) is 0.625. The van der Waals surface area contributed by atoms with Gasteiger partial charge in [-0.15, -0.1) is 11.8 Å². The van der Waals surface area contributed by atoms with Crippen LogP contribution in [0.3, 0.4) is 0 Å². The van der Waals surface area contributed by atoms with Gasteiger partial charge in [0.05, 0.1) is 16.6 Å². The molecule has 1 aromatic rings. The third-order valence-corrected chi connectivity index (χ3v) is 8.98. The molecule has 174 valence electrons. The quantitative estimate of drug-likeness (QED) is 0.467. The lowest BCUT2D eigenvalue weighted by atomic mass is 9.70. The first kappa shape index (κ1) is 23.1. The van der Waals surface area contributed by atoms with Crippen LogP contribution in [0.1, 0.15) is 45.4 Å². The highest BCUT2D eigenvalue weighted by Gasteiger charge is 2.73. The standard InChI is InChI=1S/C24H33N3O4S/c1-2-3-13-25-22(30)20-24-12-11-17(32-24)18(21(29)26-16-9-5-4-6-10-16)19(24)23(31)27(20)14-7-8-15-28/h4-6,9-10,17-20,28H,2-3,7-8,11-15H2,1H3,(H,25,30)(H,26,29)/t17-,18+,19+,20?,24?/m1/s1. The SMILES string of the molecule is CCCCNC(=O)C1N(CCCCO)C(=O)[C@@H]2[C@@H](C(=O)Nc3ccccc3)[C@H]3CCC12S3. The normalized spacial score (nSPS) is 30.4. The first-order valence-corrected chi connectivity index (χ1v) is 12.6. The number of carbonyl (C=O) groups excluding carboxylic acids is 3. The molecule has 1 aromatic carbocycles. The number of aliphatic hydroxyl groups excluding tert-OH is 1. The summed E-state index contributed by atoms with van der Waals surface area (Å²) in [7, 11) is 0. The third kappa shape index (κ3) is 4.03. The number of nitrogens with one attached hydrogen (secondary N) is 2. The Balaban J connectivity index is 1.60. The largest absolute Gasteiger partial charge is 0.396 e. The molecule has 7 nitrogen and oxygen atoms in total. The van der Waals surface area contributed by atoms with Crippen LogP contribution in [0.4, 0.5) is 5.69 Å². The van der Waals surface area contributed by atoms with E-state index >= 15 is 0 Å². The maximum absolute atomic E-state index is 13.7. The molecule has 4 rings (SSSR count). The van der Waals surface area contributed by atoms with E-state index in [2.05, 4.69) is 17.6 Å². The number of unbranched alkanes of at least 4 members (excludes halogenated alkanes) is 2. The molecule has 3 amide bonds. The highest BCUT2D eigenvalue weighted by atomic mass is 32.2. The molecule has 0 saturated carbocycles. The van der Waals surface area contributed by atoms with Gasteiger partial charge in [0.1, 0.15) is 6.04 Å². The number of fused-ring (bicyclic) bond motifs is 1. The van der Waals surface area contributed by atoms with E-state index in [0.717, 1.165) is 31.4 Å². The molecule has 3 N–H and O–H groups in total. The smallest absolute Gasteiger partial charge is 0.244 e. The summed E-state index contributed by atoms with van der Waals surface area (Å²) in [6.45, 7) is 3.16. The fourth-order valence-electron chi connectivity index (χ4n) is 5.62. The molecule has 3 aliphatic rings. The van der Waals surface area contributed by atoms with E-state index < -0.39 is 22.6 Å². The van der Waals surface area contributed by atoms with E-state index in [1.807, 2.05) is 30.3 Å². The van der Waals surface area contributed by atoms with E-state index in [-0.39, 0.29) is 29.6 Å².